The van der Waals surface area contributed by atoms with E-state index >= 15 is 0 Å². The van der Waals surface area contributed by atoms with E-state index < -0.39 is 5.97 Å². The largest absolute Gasteiger partial charge is 0.484 e. The second kappa shape index (κ2) is 9.22. The van der Waals surface area contributed by atoms with Crippen molar-refractivity contribution in [1.29, 1.82) is 0 Å². The molecule has 0 radical (unpaired) electrons. The summed E-state index contributed by atoms with van der Waals surface area (Å²) in [5.41, 5.74) is 0. The third-order valence-corrected chi connectivity index (χ3v) is 4.51. The molecule has 2 amide bonds. The van der Waals surface area contributed by atoms with Gasteiger partial charge in [0.15, 0.2) is 6.61 Å². The Morgan fingerprint density at radius 3 is 2.35 bits per heavy atom. The molecule has 7 nitrogen and oxygen atoms in total. The summed E-state index contributed by atoms with van der Waals surface area (Å²) in [6.45, 7) is 4.25. The fourth-order valence-electron chi connectivity index (χ4n) is 3.02. The Morgan fingerprint density at radius 1 is 1.19 bits per heavy atom. The first kappa shape index (κ1) is 19.8. The van der Waals surface area contributed by atoms with Gasteiger partial charge in [0.2, 0.25) is 5.91 Å². The summed E-state index contributed by atoms with van der Waals surface area (Å²) in [5, 5.41) is 8.99. The molecule has 1 fully saturated rings. The minimum Gasteiger partial charge on any atom is -0.484 e. The molecule has 0 aliphatic carbocycles. The van der Waals surface area contributed by atoms with Crippen LogP contribution in [0.15, 0.2) is 30.3 Å². The number of piperidine rings is 1. The Hall–Kier alpha value is -2.57. The summed E-state index contributed by atoms with van der Waals surface area (Å²) in [5.74, 6) is -0.859. The third kappa shape index (κ3) is 5.47. The minimum absolute atomic E-state index is 0.0280. The Morgan fingerprint density at radius 2 is 1.81 bits per heavy atom. The van der Waals surface area contributed by atoms with Crippen LogP contribution in [0.1, 0.15) is 26.7 Å². The number of ether oxygens (including phenoxy) is 1. The Balaban J connectivity index is 1.82. The van der Waals surface area contributed by atoms with Crippen molar-refractivity contribution < 1.29 is 24.2 Å². The number of amides is 2. The van der Waals surface area contributed by atoms with Gasteiger partial charge in [0.05, 0.1) is 0 Å². The van der Waals surface area contributed by atoms with Crippen molar-refractivity contribution in [2.24, 2.45) is 5.92 Å². The molecule has 1 aromatic rings. The summed E-state index contributed by atoms with van der Waals surface area (Å²) < 4.78 is 5.48. The maximum atomic E-state index is 12.6. The van der Waals surface area contributed by atoms with Crippen LogP contribution in [0.3, 0.4) is 0 Å². The van der Waals surface area contributed by atoms with Gasteiger partial charge in [-0.2, -0.15) is 0 Å². The molecule has 0 saturated carbocycles. The average molecular weight is 362 g/mol. The topological polar surface area (TPSA) is 87.2 Å². The molecular formula is C19H26N2O5. The highest BCUT2D eigenvalue weighted by Crippen LogP contribution is 2.21. The number of likely N-dealkylation sites (tertiary alicyclic amines) is 1. The van der Waals surface area contributed by atoms with E-state index in [1.807, 2.05) is 18.2 Å². The van der Waals surface area contributed by atoms with Gasteiger partial charge >= 0.3 is 5.97 Å². The lowest BCUT2D eigenvalue weighted by molar-refractivity contribution is -0.149. The van der Waals surface area contributed by atoms with Crippen molar-refractivity contribution in [1.82, 2.24) is 9.80 Å². The fraction of sp³-hybridized carbons (Fsp3) is 0.526. The Kier molecular flexibility index (Phi) is 7.00. The third-order valence-electron chi connectivity index (χ3n) is 4.51. The van der Waals surface area contributed by atoms with E-state index in [4.69, 9.17) is 9.84 Å². The van der Waals surface area contributed by atoms with Gasteiger partial charge in [-0.1, -0.05) is 18.2 Å². The van der Waals surface area contributed by atoms with E-state index in [1.54, 1.807) is 30.9 Å². The highest BCUT2D eigenvalue weighted by Gasteiger charge is 2.32. The number of hydrogen-bond acceptors (Lipinski definition) is 4. The number of carbonyl (C=O) groups is 3. The van der Waals surface area contributed by atoms with Crippen molar-refractivity contribution in [3.05, 3.63) is 30.3 Å². The number of benzene rings is 1. The van der Waals surface area contributed by atoms with Crippen LogP contribution in [0.4, 0.5) is 0 Å². The van der Waals surface area contributed by atoms with Crippen LogP contribution in [0.2, 0.25) is 0 Å². The van der Waals surface area contributed by atoms with Crippen LogP contribution in [0, 0.1) is 5.92 Å². The van der Waals surface area contributed by atoms with Crippen LogP contribution in [0.25, 0.3) is 0 Å². The number of nitrogens with zero attached hydrogens (tertiary/aromatic N) is 2. The Bertz CT molecular complexity index is 624. The molecule has 0 atom stereocenters. The molecule has 1 aliphatic heterocycles. The van der Waals surface area contributed by atoms with E-state index in [9.17, 15) is 14.4 Å². The van der Waals surface area contributed by atoms with Crippen LogP contribution in [-0.4, -0.2) is 65.0 Å². The van der Waals surface area contributed by atoms with Crippen LogP contribution >= 0.6 is 0 Å². The van der Waals surface area contributed by atoms with Crippen LogP contribution in [0.5, 0.6) is 5.75 Å². The average Bonchev–Trinajstić information content (AvgIpc) is 2.64. The van der Waals surface area contributed by atoms with Crippen molar-refractivity contribution in [2.45, 2.75) is 32.7 Å². The molecule has 1 heterocycles. The quantitative estimate of drug-likeness (QED) is 0.796. The number of rotatable bonds is 7. The van der Waals surface area contributed by atoms with Gasteiger partial charge < -0.3 is 19.6 Å². The predicted molar refractivity (Wildman–Crippen MR) is 95.7 cm³/mol. The van der Waals surface area contributed by atoms with Gasteiger partial charge in [-0.3, -0.25) is 14.4 Å². The summed E-state index contributed by atoms with van der Waals surface area (Å²) in [6.07, 6.45) is 1.08. The maximum absolute atomic E-state index is 12.6. The highest BCUT2D eigenvalue weighted by atomic mass is 16.5. The number of carboxylic acid groups (broad SMARTS) is 1. The molecule has 7 heteroatoms. The number of carbonyl (C=O) groups excluding carboxylic acids is 2. The number of hydrogen-bond donors (Lipinski definition) is 1. The second-order valence-electron chi connectivity index (χ2n) is 6.71. The fourth-order valence-corrected chi connectivity index (χ4v) is 3.02. The minimum atomic E-state index is -1.02. The zero-order chi connectivity index (χ0) is 19.1. The zero-order valence-corrected chi connectivity index (χ0v) is 15.3. The lowest BCUT2D eigenvalue weighted by atomic mass is 9.94. The lowest BCUT2D eigenvalue weighted by Gasteiger charge is -2.35. The molecule has 0 aromatic heterocycles. The number of aliphatic carboxylic acids is 1. The molecule has 2 rings (SSSR count). The lowest BCUT2D eigenvalue weighted by Crippen LogP contribution is -2.48. The molecule has 142 valence electrons. The van der Waals surface area contributed by atoms with Crippen molar-refractivity contribution in [3.8, 4) is 5.75 Å². The van der Waals surface area contributed by atoms with E-state index in [0.29, 0.717) is 31.7 Å². The van der Waals surface area contributed by atoms with Gasteiger partial charge in [0.25, 0.3) is 5.91 Å². The highest BCUT2D eigenvalue weighted by molar-refractivity contribution is 5.84. The number of carboxylic acids is 1. The summed E-state index contributed by atoms with van der Waals surface area (Å²) in [4.78, 5) is 38.9. The van der Waals surface area contributed by atoms with E-state index in [2.05, 4.69) is 0 Å². The molecule has 0 spiro atoms. The predicted octanol–water partition coefficient (Wildman–Crippen LogP) is 1.63. The summed E-state index contributed by atoms with van der Waals surface area (Å²) in [7, 11) is 0. The van der Waals surface area contributed by atoms with Gasteiger partial charge in [-0.15, -0.1) is 0 Å². The number of para-hydroxylation sites is 1. The van der Waals surface area contributed by atoms with E-state index in [1.165, 1.54) is 4.90 Å². The Labute approximate surface area is 153 Å². The first-order chi connectivity index (χ1) is 12.4. The maximum Gasteiger partial charge on any atom is 0.323 e. The van der Waals surface area contributed by atoms with Gasteiger partial charge in [0, 0.05) is 25.0 Å². The van der Waals surface area contributed by atoms with Gasteiger partial charge in [-0.25, -0.2) is 0 Å². The first-order valence-corrected chi connectivity index (χ1v) is 8.86. The SMILES string of the molecule is CC(C)N(CC(=O)O)C(=O)C1CCN(C(=O)COc2ccccc2)CC1. The molecule has 1 aliphatic rings. The summed E-state index contributed by atoms with van der Waals surface area (Å²) >= 11 is 0. The molecular weight excluding hydrogens is 336 g/mol. The van der Waals surface area contributed by atoms with Crippen LogP contribution in [-0.2, 0) is 14.4 Å². The van der Waals surface area contributed by atoms with Crippen molar-refractivity contribution in [2.75, 3.05) is 26.2 Å². The smallest absolute Gasteiger partial charge is 0.323 e. The molecule has 1 aromatic carbocycles. The summed E-state index contributed by atoms with van der Waals surface area (Å²) in [6, 6.07) is 8.98. The second-order valence-corrected chi connectivity index (χ2v) is 6.71. The molecule has 0 unspecified atom stereocenters. The van der Waals surface area contributed by atoms with Crippen molar-refractivity contribution >= 4 is 17.8 Å². The molecule has 26 heavy (non-hydrogen) atoms. The standard InChI is InChI=1S/C19H26N2O5/c1-14(2)21(12-18(23)24)19(25)15-8-10-20(11-9-15)17(22)13-26-16-6-4-3-5-7-16/h3-7,14-15H,8-13H2,1-2H3,(H,23,24). The van der Waals surface area contributed by atoms with Gasteiger partial charge in [0.1, 0.15) is 12.3 Å². The zero-order valence-electron chi connectivity index (χ0n) is 15.3. The normalized spacial score (nSPS) is 15.0. The molecule has 1 N–H and O–H groups in total. The van der Waals surface area contributed by atoms with Crippen LogP contribution < -0.4 is 4.74 Å². The van der Waals surface area contributed by atoms with Crippen molar-refractivity contribution in [3.63, 3.8) is 0 Å². The van der Waals surface area contributed by atoms with Gasteiger partial charge in [-0.05, 0) is 38.8 Å². The van der Waals surface area contributed by atoms with E-state index in [-0.39, 0.29) is 36.9 Å². The molecule has 0 bridgehead atoms. The monoisotopic (exact) mass is 362 g/mol. The molecule has 1 saturated heterocycles. The first-order valence-electron chi connectivity index (χ1n) is 8.86. The van der Waals surface area contributed by atoms with E-state index in [0.717, 1.165) is 0 Å².